The van der Waals surface area contributed by atoms with Gasteiger partial charge in [-0.15, -0.1) is 0 Å². The van der Waals surface area contributed by atoms with Crippen LogP contribution in [0, 0.1) is 0 Å². The summed E-state index contributed by atoms with van der Waals surface area (Å²) in [6.45, 7) is 2.83. The molecule has 17 heavy (non-hydrogen) atoms. The van der Waals surface area contributed by atoms with Crippen molar-refractivity contribution >= 4 is 21.9 Å². The highest BCUT2D eigenvalue weighted by Gasteiger charge is 2.54. The second-order valence-electron chi connectivity index (χ2n) is 3.73. The predicted octanol–water partition coefficient (Wildman–Crippen LogP) is 2.52. The molecule has 0 aliphatic rings. The molecule has 0 amide bonds. The minimum atomic E-state index is -2.68. The van der Waals surface area contributed by atoms with Gasteiger partial charge in [0.2, 0.25) is 0 Å². The Morgan fingerprint density at radius 1 is 1.47 bits per heavy atom. The fourth-order valence-electron chi connectivity index (χ4n) is 1.36. The molecule has 0 aliphatic heterocycles. The van der Waals surface area contributed by atoms with Crippen molar-refractivity contribution in [2.45, 2.75) is 24.0 Å². The number of carbonyl (C=O) groups excluding carboxylic acids is 1. The normalized spacial score (nSPS) is 17.9. The first-order chi connectivity index (χ1) is 7.84. The lowest BCUT2D eigenvalue weighted by atomic mass is 9.91. The fourth-order valence-corrected chi connectivity index (χ4v) is 1.71. The second-order valence-corrected chi connectivity index (χ2v) is 4.83. The van der Waals surface area contributed by atoms with E-state index in [1.807, 2.05) is 0 Å². The molecule has 0 saturated heterocycles. The maximum absolute atomic E-state index is 14.3. The van der Waals surface area contributed by atoms with Crippen molar-refractivity contribution in [3.63, 3.8) is 0 Å². The van der Waals surface area contributed by atoms with E-state index in [-0.39, 0.29) is 12.2 Å². The van der Waals surface area contributed by atoms with Crippen LogP contribution >= 0.6 is 15.9 Å². The molecular weight excluding hydrogens is 291 g/mol. The number of alkyl halides is 2. The lowest BCUT2D eigenvalue weighted by Gasteiger charge is -2.32. The largest absolute Gasteiger partial charge is 0.463 e. The lowest BCUT2D eigenvalue weighted by molar-refractivity contribution is -0.163. The smallest absolute Gasteiger partial charge is 0.358 e. The maximum Gasteiger partial charge on any atom is 0.358 e. The van der Waals surface area contributed by atoms with E-state index in [9.17, 15) is 14.3 Å². The van der Waals surface area contributed by atoms with Crippen LogP contribution in [0.5, 0.6) is 0 Å². The zero-order valence-electron chi connectivity index (χ0n) is 9.61. The topological polar surface area (TPSA) is 46.5 Å². The van der Waals surface area contributed by atoms with Gasteiger partial charge in [0, 0.05) is 0 Å². The molecule has 3 nitrogen and oxygen atoms in total. The van der Waals surface area contributed by atoms with Gasteiger partial charge in [0.1, 0.15) is 5.60 Å². The Kier molecular flexibility index (Phi) is 4.27. The van der Waals surface area contributed by atoms with Crippen molar-refractivity contribution < 1.29 is 19.0 Å². The first-order valence-corrected chi connectivity index (χ1v) is 5.96. The molecule has 0 heterocycles. The molecule has 0 aromatic heterocycles. The Labute approximate surface area is 108 Å². The number of aliphatic hydroxyl groups is 1. The van der Waals surface area contributed by atoms with E-state index in [0.717, 1.165) is 0 Å². The van der Waals surface area contributed by atoms with Crippen molar-refractivity contribution in [3.8, 4) is 0 Å². The Hall–Kier alpha value is -0.940. The van der Waals surface area contributed by atoms with E-state index in [1.54, 1.807) is 25.1 Å². The summed E-state index contributed by atoms with van der Waals surface area (Å²) in [4.78, 5) is 11.5. The average molecular weight is 305 g/mol. The average Bonchev–Trinajstić information content (AvgIpc) is 2.30. The van der Waals surface area contributed by atoms with Crippen LogP contribution in [0.3, 0.4) is 0 Å². The number of rotatable bonds is 4. The molecule has 1 aromatic rings. The summed E-state index contributed by atoms with van der Waals surface area (Å²) in [6.07, 6.45) is 0. The highest BCUT2D eigenvalue weighted by molar-refractivity contribution is 9.10. The molecule has 0 fully saturated rings. The van der Waals surface area contributed by atoms with Crippen LogP contribution in [0.1, 0.15) is 19.4 Å². The maximum atomic E-state index is 14.3. The third-order valence-corrected chi connectivity index (χ3v) is 3.57. The van der Waals surface area contributed by atoms with Crippen LogP contribution < -0.4 is 0 Å². The highest BCUT2D eigenvalue weighted by atomic mass is 79.9. The molecule has 0 bridgehead atoms. The van der Waals surface area contributed by atoms with Crippen LogP contribution in [0.15, 0.2) is 30.3 Å². The summed E-state index contributed by atoms with van der Waals surface area (Å²) < 4.78 is 16.2. The van der Waals surface area contributed by atoms with Crippen LogP contribution in [0.25, 0.3) is 0 Å². The molecular formula is C12H14BrFO3. The Balaban J connectivity index is 3.08. The van der Waals surface area contributed by atoms with Crippen molar-refractivity contribution in [2.24, 2.45) is 0 Å². The van der Waals surface area contributed by atoms with E-state index >= 15 is 0 Å². The number of hydrogen-bond acceptors (Lipinski definition) is 3. The number of halogens is 2. The van der Waals surface area contributed by atoms with Crippen molar-refractivity contribution in [2.75, 3.05) is 6.61 Å². The van der Waals surface area contributed by atoms with E-state index in [2.05, 4.69) is 20.7 Å². The molecule has 0 aliphatic carbocycles. The van der Waals surface area contributed by atoms with Crippen LogP contribution in [0.4, 0.5) is 4.39 Å². The predicted molar refractivity (Wildman–Crippen MR) is 65.4 cm³/mol. The van der Waals surface area contributed by atoms with Crippen LogP contribution in [-0.2, 0) is 15.1 Å². The van der Waals surface area contributed by atoms with Crippen molar-refractivity contribution in [1.29, 1.82) is 0 Å². The van der Waals surface area contributed by atoms with Gasteiger partial charge < -0.3 is 9.84 Å². The lowest BCUT2D eigenvalue weighted by Crippen LogP contribution is -2.48. The van der Waals surface area contributed by atoms with Crippen molar-refractivity contribution in [3.05, 3.63) is 35.9 Å². The number of hydrogen-bond donors (Lipinski definition) is 1. The minimum absolute atomic E-state index is 0.0426. The molecule has 1 N–H and O–H groups in total. The van der Waals surface area contributed by atoms with Gasteiger partial charge in [-0.05, 0) is 35.3 Å². The Bertz CT molecular complexity index is 390. The number of esters is 1. The molecule has 0 radical (unpaired) electrons. The van der Waals surface area contributed by atoms with Gasteiger partial charge in [-0.3, -0.25) is 0 Å². The molecule has 0 saturated carbocycles. The van der Waals surface area contributed by atoms with Gasteiger partial charge in [0.05, 0.1) is 6.61 Å². The summed E-state index contributed by atoms with van der Waals surface area (Å²) in [7, 11) is 0. The fraction of sp³-hybridized carbons (Fsp3) is 0.417. The van der Waals surface area contributed by atoms with Gasteiger partial charge in [-0.2, -0.15) is 0 Å². The van der Waals surface area contributed by atoms with Crippen molar-refractivity contribution in [1.82, 2.24) is 0 Å². The molecule has 0 spiro atoms. The first-order valence-electron chi connectivity index (χ1n) is 5.17. The van der Waals surface area contributed by atoms with E-state index < -0.39 is 16.1 Å². The summed E-state index contributed by atoms with van der Waals surface area (Å²) in [5.74, 6) is -1.14. The Morgan fingerprint density at radius 3 is 2.47 bits per heavy atom. The van der Waals surface area contributed by atoms with E-state index in [0.29, 0.717) is 0 Å². The number of carbonyl (C=O) groups is 1. The van der Waals surface area contributed by atoms with Gasteiger partial charge in [0.15, 0.2) is 0 Å². The van der Waals surface area contributed by atoms with Gasteiger partial charge in [-0.1, -0.05) is 30.3 Å². The molecule has 1 rings (SSSR count). The molecule has 94 valence electrons. The van der Waals surface area contributed by atoms with Gasteiger partial charge >= 0.3 is 5.97 Å². The quantitative estimate of drug-likeness (QED) is 0.687. The highest BCUT2D eigenvalue weighted by Crippen LogP contribution is 2.41. The van der Waals surface area contributed by atoms with Crippen LogP contribution in [-0.4, -0.2) is 22.3 Å². The molecule has 1 aromatic carbocycles. The SMILES string of the molecule is CCOC(=O)[C@@](F)(Br)[C@](C)(O)c1ccccc1. The third-order valence-electron chi connectivity index (χ3n) is 2.48. The Morgan fingerprint density at radius 2 is 2.00 bits per heavy atom. The third kappa shape index (κ3) is 2.66. The molecule has 0 unspecified atom stereocenters. The summed E-state index contributed by atoms with van der Waals surface area (Å²) in [6, 6.07) is 8.11. The zero-order chi connectivity index (χ0) is 13.1. The van der Waals surface area contributed by atoms with Gasteiger partial charge in [0.25, 0.3) is 4.58 Å². The standard InChI is InChI=1S/C12H14BrFO3/c1-3-17-10(15)12(13,14)11(2,16)9-7-5-4-6-8-9/h4-8,16H,3H2,1-2H3/t11-,12+/m1/s1. The monoisotopic (exact) mass is 304 g/mol. The molecule has 2 atom stereocenters. The number of ether oxygens (including phenoxy) is 1. The van der Waals surface area contributed by atoms with Crippen LogP contribution in [0.2, 0.25) is 0 Å². The summed E-state index contributed by atoms with van der Waals surface area (Å²) >= 11 is 2.62. The molecule has 5 heteroatoms. The van der Waals surface area contributed by atoms with E-state index in [1.165, 1.54) is 19.1 Å². The first kappa shape index (κ1) is 14.1. The second kappa shape index (κ2) is 5.14. The number of benzene rings is 1. The van der Waals surface area contributed by atoms with E-state index in [4.69, 9.17) is 0 Å². The summed E-state index contributed by atoms with van der Waals surface area (Å²) in [5.41, 5.74) is -1.73. The van der Waals surface area contributed by atoms with Gasteiger partial charge in [-0.25, -0.2) is 9.18 Å². The zero-order valence-corrected chi connectivity index (χ0v) is 11.2. The minimum Gasteiger partial charge on any atom is -0.463 e. The summed E-state index contributed by atoms with van der Waals surface area (Å²) in [5, 5.41) is 10.2.